The van der Waals surface area contributed by atoms with Crippen LogP contribution in [-0.4, -0.2) is 29.7 Å². The van der Waals surface area contributed by atoms with Crippen LogP contribution >= 0.6 is 0 Å². The first-order chi connectivity index (χ1) is 12.7. The molecule has 1 amide bonds. The van der Waals surface area contributed by atoms with Crippen LogP contribution in [0.15, 0.2) is 24.3 Å². The zero-order valence-electron chi connectivity index (χ0n) is 17.2. The number of benzene rings is 1. The number of piperidine rings is 1. The van der Waals surface area contributed by atoms with Crippen molar-refractivity contribution in [3.63, 3.8) is 0 Å². The van der Waals surface area contributed by atoms with Crippen LogP contribution in [0.2, 0.25) is 0 Å². The summed E-state index contributed by atoms with van der Waals surface area (Å²) in [7, 11) is 0. The van der Waals surface area contributed by atoms with Crippen molar-refractivity contribution in [2.75, 3.05) is 13.1 Å². The highest BCUT2D eigenvalue weighted by atomic mass is 16.2. The normalized spacial score (nSPS) is 14.5. The van der Waals surface area contributed by atoms with Crippen molar-refractivity contribution >= 4 is 11.7 Å². The van der Waals surface area contributed by atoms with Gasteiger partial charge in [-0.2, -0.15) is 0 Å². The molecule has 0 spiro atoms. The van der Waals surface area contributed by atoms with Gasteiger partial charge in [0.1, 0.15) is 0 Å². The number of likely N-dealkylation sites (tertiary alicyclic amines) is 1. The zero-order valence-corrected chi connectivity index (χ0v) is 17.2. The van der Waals surface area contributed by atoms with Gasteiger partial charge in [-0.3, -0.25) is 9.59 Å². The maximum absolute atomic E-state index is 12.2. The number of ketones is 1. The molecule has 1 fully saturated rings. The number of amides is 1. The fourth-order valence-corrected chi connectivity index (χ4v) is 3.47. The predicted molar refractivity (Wildman–Crippen MR) is 110 cm³/mol. The third-order valence-corrected chi connectivity index (χ3v) is 5.12. The summed E-state index contributed by atoms with van der Waals surface area (Å²) in [4.78, 5) is 26.0. The summed E-state index contributed by atoms with van der Waals surface area (Å²) in [5.41, 5.74) is 2.11. The molecule has 1 aliphatic heterocycles. The maximum Gasteiger partial charge on any atom is 0.222 e. The molecule has 3 heteroatoms. The van der Waals surface area contributed by atoms with E-state index in [1.807, 2.05) is 37.8 Å². The van der Waals surface area contributed by atoms with Crippen molar-refractivity contribution < 1.29 is 9.59 Å². The van der Waals surface area contributed by atoms with Gasteiger partial charge in [-0.05, 0) is 30.7 Å². The van der Waals surface area contributed by atoms with E-state index >= 15 is 0 Å². The number of hydrogen-bond acceptors (Lipinski definition) is 2. The van der Waals surface area contributed by atoms with Gasteiger partial charge in [0.15, 0.2) is 5.78 Å². The number of nitrogens with zero attached hydrogens (tertiary/aromatic N) is 1. The molecule has 26 heavy (non-hydrogen) atoms. The van der Waals surface area contributed by atoms with Crippen molar-refractivity contribution in [2.45, 2.75) is 85.0 Å². The van der Waals surface area contributed by atoms with Gasteiger partial charge < -0.3 is 4.90 Å². The SMILES string of the molecule is CC.CCCCCCC(=O)N1CCC(c2ccc(C(=O)CC)cc2)CC1. The molecule has 0 unspecified atom stereocenters. The highest BCUT2D eigenvalue weighted by Crippen LogP contribution is 2.28. The molecule has 1 saturated heterocycles. The highest BCUT2D eigenvalue weighted by molar-refractivity contribution is 5.95. The smallest absolute Gasteiger partial charge is 0.222 e. The lowest BCUT2D eigenvalue weighted by molar-refractivity contribution is -0.132. The maximum atomic E-state index is 12.2. The Labute approximate surface area is 160 Å². The molecule has 0 atom stereocenters. The largest absolute Gasteiger partial charge is 0.343 e. The molecule has 3 nitrogen and oxygen atoms in total. The van der Waals surface area contributed by atoms with Crippen molar-refractivity contribution in [3.8, 4) is 0 Å². The van der Waals surface area contributed by atoms with E-state index in [1.54, 1.807) is 0 Å². The van der Waals surface area contributed by atoms with Crippen LogP contribution in [0.1, 0.15) is 101 Å². The van der Waals surface area contributed by atoms with Gasteiger partial charge in [-0.25, -0.2) is 0 Å². The number of Topliss-reactive ketones (excluding diaryl/α,β-unsaturated/α-hetero) is 1. The molecule has 0 aliphatic carbocycles. The fraction of sp³-hybridized carbons (Fsp3) is 0.652. The monoisotopic (exact) mass is 359 g/mol. The molecular weight excluding hydrogens is 322 g/mol. The van der Waals surface area contributed by atoms with Crippen LogP contribution in [0.3, 0.4) is 0 Å². The van der Waals surface area contributed by atoms with Gasteiger partial charge in [0.25, 0.3) is 0 Å². The van der Waals surface area contributed by atoms with Crippen molar-refractivity contribution in [1.82, 2.24) is 4.90 Å². The van der Waals surface area contributed by atoms with Crippen LogP contribution in [-0.2, 0) is 4.79 Å². The fourth-order valence-electron chi connectivity index (χ4n) is 3.47. The summed E-state index contributed by atoms with van der Waals surface area (Å²) in [6, 6.07) is 8.09. The Morgan fingerprint density at radius 2 is 1.58 bits per heavy atom. The first kappa shape index (κ1) is 22.4. The molecule has 0 bridgehead atoms. The van der Waals surface area contributed by atoms with Crippen molar-refractivity contribution in [1.29, 1.82) is 0 Å². The Balaban J connectivity index is 0.00000163. The summed E-state index contributed by atoms with van der Waals surface area (Å²) in [6.45, 7) is 9.82. The minimum absolute atomic E-state index is 0.199. The van der Waals surface area contributed by atoms with Gasteiger partial charge in [0.05, 0.1) is 0 Å². The van der Waals surface area contributed by atoms with E-state index in [4.69, 9.17) is 0 Å². The molecule has 0 N–H and O–H groups in total. The minimum atomic E-state index is 0.199. The van der Waals surface area contributed by atoms with Crippen LogP contribution in [0, 0.1) is 0 Å². The molecule has 2 rings (SSSR count). The van der Waals surface area contributed by atoms with Gasteiger partial charge in [-0.1, -0.05) is 71.2 Å². The van der Waals surface area contributed by atoms with E-state index in [0.717, 1.165) is 37.9 Å². The second-order valence-corrected chi connectivity index (χ2v) is 6.86. The number of hydrogen-bond donors (Lipinski definition) is 0. The quantitative estimate of drug-likeness (QED) is 0.423. The van der Waals surface area contributed by atoms with Gasteiger partial charge in [0, 0.05) is 31.5 Å². The Hall–Kier alpha value is -1.64. The summed E-state index contributed by atoms with van der Waals surface area (Å²) in [6.07, 6.45) is 7.95. The van der Waals surface area contributed by atoms with Gasteiger partial charge in [-0.15, -0.1) is 0 Å². The number of carbonyl (C=O) groups excluding carboxylic acids is 2. The number of carbonyl (C=O) groups is 2. The van der Waals surface area contributed by atoms with E-state index in [-0.39, 0.29) is 5.78 Å². The molecule has 1 aromatic rings. The molecule has 0 saturated carbocycles. The Bertz CT molecular complexity index is 528. The lowest BCUT2D eigenvalue weighted by atomic mass is 9.88. The van der Waals surface area contributed by atoms with Crippen LogP contribution in [0.4, 0.5) is 0 Å². The predicted octanol–water partition coefficient (Wildman–Crippen LogP) is 5.98. The van der Waals surface area contributed by atoms with E-state index in [9.17, 15) is 9.59 Å². The van der Waals surface area contributed by atoms with Crippen molar-refractivity contribution in [3.05, 3.63) is 35.4 Å². The van der Waals surface area contributed by atoms with E-state index in [0.29, 0.717) is 24.7 Å². The highest BCUT2D eigenvalue weighted by Gasteiger charge is 2.23. The lowest BCUT2D eigenvalue weighted by Crippen LogP contribution is -2.37. The first-order valence-corrected chi connectivity index (χ1v) is 10.6. The molecule has 1 heterocycles. The minimum Gasteiger partial charge on any atom is -0.343 e. The molecule has 0 aromatic heterocycles. The average Bonchev–Trinajstić information content (AvgIpc) is 2.72. The van der Waals surface area contributed by atoms with Gasteiger partial charge in [0.2, 0.25) is 5.91 Å². The van der Waals surface area contributed by atoms with Gasteiger partial charge >= 0.3 is 0 Å². The topological polar surface area (TPSA) is 37.4 Å². The van der Waals surface area contributed by atoms with Crippen LogP contribution in [0.25, 0.3) is 0 Å². The second kappa shape index (κ2) is 12.7. The van der Waals surface area contributed by atoms with Crippen LogP contribution < -0.4 is 0 Å². The van der Waals surface area contributed by atoms with Crippen molar-refractivity contribution in [2.24, 2.45) is 0 Å². The zero-order chi connectivity index (χ0) is 19.4. The van der Waals surface area contributed by atoms with E-state index in [2.05, 4.69) is 19.1 Å². The second-order valence-electron chi connectivity index (χ2n) is 6.86. The van der Waals surface area contributed by atoms with E-state index < -0.39 is 0 Å². The Morgan fingerprint density at radius 3 is 2.12 bits per heavy atom. The summed E-state index contributed by atoms with van der Waals surface area (Å²) >= 11 is 0. The lowest BCUT2D eigenvalue weighted by Gasteiger charge is -2.32. The average molecular weight is 360 g/mol. The molecule has 0 radical (unpaired) electrons. The third kappa shape index (κ3) is 6.93. The Kier molecular flexibility index (Phi) is 10.9. The molecular formula is C23H37NO2. The summed E-state index contributed by atoms with van der Waals surface area (Å²) in [5.74, 6) is 1.04. The third-order valence-electron chi connectivity index (χ3n) is 5.12. The van der Waals surface area contributed by atoms with Crippen LogP contribution in [0.5, 0.6) is 0 Å². The molecule has 146 valence electrons. The van der Waals surface area contributed by atoms with E-state index in [1.165, 1.54) is 24.8 Å². The molecule has 1 aliphatic rings. The molecule has 1 aromatic carbocycles. The standard InChI is InChI=1S/C21H31NO2.C2H6/c1-3-5-6-7-8-21(24)22-15-13-18(14-16-22)17-9-11-19(12-10-17)20(23)4-2;1-2/h9-12,18H,3-8,13-16H2,1-2H3;1-2H3. The summed E-state index contributed by atoms with van der Waals surface area (Å²) in [5, 5.41) is 0. The number of rotatable bonds is 8. The summed E-state index contributed by atoms with van der Waals surface area (Å²) < 4.78 is 0. The number of unbranched alkanes of at least 4 members (excludes halogenated alkanes) is 3. The first-order valence-electron chi connectivity index (χ1n) is 10.6. The Morgan fingerprint density at radius 1 is 0.962 bits per heavy atom.